The zero-order chi connectivity index (χ0) is 45.2. The lowest BCUT2D eigenvalue weighted by atomic mass is 10.0. The van der Waals surface area contributed by atoms with Gasteiger partial charge in [0.05, 0.1) is 55.2 Å². The number of hydrogen-bond donors (Lipinski definition) is 2. The number of amides is 1. The number of alkyl halides is 4. The van der Waals surface area contributed by atoms with E-state index in [2.05, 4.69) is 30.2 Å². The molecular weight excluding hydrogens is 890 g/mol. The van der Waals surface area contributed by atoms with E-state index in [-0.39, 0.29) is 55.6 Å². The second-order valence-corrected chi connectivity index (χ2v) is 18.1. The monoisotopic (exact) mass is 924 g/mol. The minimum atomic E-state index is -4.04. The summed E-state index contributed by atoms with van der Waals surface area (Å²) in [4.78, 5) is 42.9. The molecule has 0 radical (unpaired) electrons. The number of fused-ring (bicyclic) bond motifs is 2. The van der Waals surface area contributed by atoms with Gasteiger partial charge in [-0.25, -0.2) is 39.7 Å². The van der Waals surface area contributed by atoms with E-state index in [1.807, 2.05) is 0 Å². The average molecular weight is 925 g/mol. The minimum Gasteiger partial charge on any atom is -0.344 e. The molecule has 7 aromatic rings. The van der Waals surface area contributed by atoms with Crippen LogP contribution in [0.2, 0.25) is 5.02 Å². The van der Waals surface area contributed by atoms with Crippen molar-refractivity contribution in [1.29, 1.82) is 0 Å². The summed E-state index contributed by atoms with van der Waals surface area (Å²) in [6, 6.07) is 9.61. The molecule has 0 bridgehead atoms. The van der Waals surface area contributed by atoms with Gasteiger partial charge in [-0.3, -0.25) is 38.2 Å². The van der Waals surface area contributed by atoms with Gasteiger partial charge in [0.1, 0.15) is 36.2 Å². The summed E-state index contributed by atoms with van der Waals surface area (Å²) in [5.41, 5.74) is 0.177. The van der Waals surface area contributed by atoms with E-state index in [9.17, 15) is 39.6 Å². The van der Waals surface area contributed by atoms with Gasteiger partial charge in [-0.2, -0.15) is 10.2 Å². The molecule has 2 aliphatic carbocycles. The molecule has 0 aliphatic heterocycles. The van der Waals surface area contributed by atoms with Crippen molar-refractivity contribution in [2.75, 3.05) is 4.72 Å². The fourth-order valence-corrected chi connectivity index (χ4v) is 9.40. The van der Waals surface area contributed by atoms with Crippen molar-refractivity contribution >= 4 is 55.2 Å². The molecule has 2 aliphatic rings. The molecular formula is C42H35ClF6N10O4S. The molecule has 332 valence electrons. The molecule has 0 spiro atoms. The van der Waals surface area contributed by atoms with Gasteiger partial charge < -0.3 is 5.32 Å². The second kappa shape index (κ2) is 16.6. The van der Waals surface area contributed by atoms with Gasteiger partial charge in [-0.1, -0.05) is 17.7 Å². The lowest BCUT2D eigenvalue weighted by Gasteiger charge is -2.24. The van der Waals surface area contributed by atoms with Gasteiger partial charge in [0.25, 0.3) is 18.4 Å². The molecule has 0 saturated heterocycles. The Kier molecular flexibility index (Phi) is 11.2. The number of nitrogens with one attached hydrogen (secondary N) is 2. The number of halogens is 7. The van der Waals surface area contributed by atoms with Crippen LogP contribution in [0, 0.1) is 18.6 Å². The quantitative estimate of drug-likeness (QED) is 0.0978. The van der Waals surface area contributed by atoms with E-state index in [1.54, 1.807) is 19.1 Å². The average Bonchev–Trinajstić information content (AvgIpc) is 4.17. The van der Waals surface area contributed by atoms with Crippen molar-refractivity contribution in [3.8, 4) is 16.9 Å². The number of aryl methyl sites for hydroxylation is 1. The molecule has 1 atom stereocenters. The summed E-state index contributed by atoms with van der Waals surface area (Å²) < 4.78 is 118. The van der Waals surface area contributed by atoms with E-state index in [4.69, 9.17) is 16.6 Å². The Morgan fingerprint density at radius 2 is 1.66 bits per heavy atom. The van der Waals surface area contributed by atoms with Crippen LogP contribution in [0.1, 0.15) is 72.5 Å². The number of benzene rings is 3. The molecule has 3 aromatic carbocycles. The normalized spacial score (nSPS) is 14.8. The Morgan fingerprint density at radius 3 is 2.33 bits per heavy atom. The number of anilines is 1. The standard InChI is InChI=1S/C42H35ClF6N10O4S/c1-20-37(51-11-10-50-20)23-4-7-27-29(15-23)53-41(31(14-21-12-24(44)16-25(45)13-21)52-35(60)19-57-33(22-2-3-22)17-30(54-57)39(48)49)59(42(27)61)32-9-8-28(43)36-38(32)58(18-34(46)47)55-40(36)56-64(62,63)26-5-6-26/h4,7-13,15-17,22,26,31,34,39H,2-3,5-6,14,18-19H2,1H3,(H,52,60)(H,55,56)/t31-/m0/s1. The first-order chi connectivity index (χ1) is 30.5. The largest absolute Gasteiger partial charge is 0.344 e. The number of carbonyl (C=O) groups excluding carboxylic acids is 1. The molecule has 1 amide bonds. The lowest BCUT2D eigenvalue weighted by Crippen LogP contribution is -2.37. The number of nitrogens with zero attached hydrogens (tertiary/aromatic N) is 8. The second-order valence-electron chi connectivity index (χ2n) is 15.7. The van der Waals surface area contributed by atoms with Crippen LogP contribution in [0.4, 0.5) is 32.2 Å². The molecule has 2 saturated carbocycles. The summed E-state index contributed by atoms with van der Waals surface area (Å²) in [7, 11) is -4.04. The first-order valence-electron chi connectivity index (χ1n) is 20.0. The molecule has 14 nitrogen and oxygen atoms in total. The number of hydrogen-bond acceptors (Lipinski definition) is 9. The summed E-state index contributed by atoms with van der Waals surface area (Å²) >= 11 is 6.69. The Hall–Kier alpha value is -6.35. The Bertz CT molecular complexity index is 3150. The predicted octanol–water partition coefficient (Wildman–Crippen LogP) is 7.71. The van der Waals surface area contributed by atoms with E-state index in [1.165, 1.54) is 36.7 Å². The highest BCUT2D eigenvalue weighted by atomic mass is 35.5. The third-order valence-electron chi connectivity index (χ3n) is 11.0. The van der Waals surface area contributed by atoms with Crippen molar-refractivity contribution in [1.82, 2.24) is 44.4 Å². The fourth-order valence-electron chi connectivity index (χ4n) is 7.82. The molecule has 22 heteroatoms. The Morgan fingerprint density at radius 1 is 0.922 bits per heavy atom. The van der Waals surface area contributed by atoms with Crippen molar-refractivity contribution in [2.24, 2.45) is 0 Å². The van der Waals surface area contributed by atoms with Crippen LogP contribution in [0.15, 0.2) is 71.8 Å². The zero-order valence-corrected chi connectivity index (χ0v) is 35.0. The zero-order valence-electron chi connectivity index (χ0n) is 33.5. The van der Waals surface area contributed by atoms with Gasteiger partial charge in [0.2, 0.25) is 15.9 Å². The molecule has 64 heavy (non-hydrogen) atoms. The van der Waals surface area contributed by atoms with Crippen molar-refractivity contribution in [3.05, 3.63) is 122 Å². The summed E-state index contributed by atoms with van der Waals surface area (Å²) in [5.74, 6) is -3.52. The van der Waals surface area contributed by atoms with Gasteiger partial charge in [-0.05, 0) is 80.6 Å². The van der Waals surface area contributed by atoms with Gasteiger partial charge >= 0.3 is 0 Å². The van der Waals surface area contributed by atoms with Crippen LogP contribution in [0.3, 0.4) is 0 Å². The van der Waals surface area contributed by atoms with E-state index in [0.717, 1.165) is 26.1 Å². The van der Waals surface area contributed by atoms with E-state index < -0.39 is 82.5 Å². The first-order valence-corrected chi connectivity index (χ1v) is 21.9. The summed E-state index contributed by atoms with van der Waals surface area (Å²) in [5, 5.41) is 9.95. The maximum atomic E-state index is 15.1. The molecule has 2 fully saturated rings. The number of sulfonamides is 1. The SMILES string of the molecule is Cc1nccnc1-c1ccc2c(=O)n(-c3ccc(Cl)c4c(NS(=O)(=O)C5CC5)nn(CC(F)F)c34)c([C@H](Cc3cc(F)cc(F)c3)NC(=O)Cn3nc(C(F)F)cc3C3CC3)nc2c1. The molecule has 4 heterocycles. The minimum absolute atomic E-state index is 0.00820. The van der Waals surface area contributed by atoms with E-state index in [0.29, 0.717) is 54.4 Å². The van der Waals surface area contributed by atoms with Crippen LogP contribution in [0.25, 0.3) is 38.8 Å². The Balaban J connectivity index is 1.28. The third kappa shape index (κ3) is 8.52. The van der Waals surface area contributed by atoms with Gasteiger partial charge in [0, 0.05) is 42.1 Å². The van der Waals surface area contributed by atoms with Crippen LogP contribution in [0.5, 0.6) is 0 Å². The van der Waals surface area contributed by atoms with Gasteiger partial charge in [0.15, 0.2) is 5.82 Å². The highest BCUT2D eigenvalue weighted by Crippen LogP contribution is 2.42. The number of carbonyl (C=O) groups is 1. The maximum Gasteiger partial charge on any atom is 0.282 e. The molecule has 2 N–H and O–H groups in total. The van der Waals surface area contributed by atoms with Crippen LogP contribution < -0.4 is 15.6 Å². The molecule has 4 aromatic heterocycles. The van der Waals surface area contributed by atoms with Crippen LogP contribution in [-0.4, -0.2) is 65.1 Å². The van der Waals surface area contributed by atoms with Crippen molar-refractivity contribution < 1.29 is 39.6 Å². The van der Waals surface area contributed by atoms with Crippen molar-refractivity contribution in [3.63, 3.8) is 0 Å². The molecule has 9 rings (SSSR count). The number of aromatic nitrogens is 8. The van der Waals surface area contributed by atoms with Crippen LogP contribution in [-0.2, 0) is 34.3 Å². The third-order valence-corrected chi connectivity index (χ3v) is 13.1. The first kappa shape index (κ1) is 42.9. The topological polar surface area (TPSA) is 172 Å². The molecule has 0 unspecified atom stereocenters. The Labute approximate surface area is 364 Å². The maximum absolute atomic E-state index is 15.1. The lowest BCUT2D eigenvalue weighted by molar-refractivity contribution is -0.122. The predicted molar refractivity (Wildman–Crippen MR) is 223 cm³/mol. The summed E-state index contributed by atoms with van der Waals surface area (Å²) in [6.45, 7) is 0.0493. The highest BCUT2D eigenvalue weighted by molar-refractivity contribution is 7.93. The van der Waals surface area contributed by atoms with Crippen molar-refractivity contribution in [2.45, 2.75) is 82.2 Å². The number of rotatable bonds is 15. The summed E-state index contributed by atoms with van der Waals surface area (Å²) in [6.07, 6.45) is -1.33. The van der Waals surface area contributed by atoms with E-state index >= 15 is 4.79 Å². The fraction of sp³-hybridized carbons (Fsp3) is 0.310. The van der Waals surface area contributed by atoms with Crippen LogP contribution >= 0.6 is 11.6 Å². The smallest absolute Gasteiger partial charge is 0.282 e. The van der Waals surface area contributed by atoms with Gasteiger partial charge in [-0.15, -0.1) is 0 Å². The highest BCUT2D eigenvalue weighted by Gasteiger charge is 2.38.